The van der Waals surface area contributed by atoms with E-state index in [1.54, 1.807) is 14.2 Å². The number of primary amides is 1. The molecule has 0 spiro atoms. The standard InChI is InChI=1S/C21H21ClN2O3/c1-13-17(21(23)25)11-18(15-5-7-16(22)8-6-15)24(13)12-14-4-9-19(26-2)20(10-14)27-3/h4-11H,12H2,1-3H3,(H2,23,25). The first kappa shape index (κ1) is 18.9. The molecule has 3 rings (SSSR count). The Morgan fingerprint density at radius 2 is 1.70 bits per heavy atom. The van der Waals surface area contributed by atoms with Crippen LogP contribution in [0.5, 0.6) is 11.5 Å². The molecule has 0 aliphatic carbocycles. The summed E-state index contributed by atoms with van der Waals surface area (Å²) in [5, 5.41) is 0.656. The van der Waals surface area contributed by atoms with Crippen LogP contribution in [0.2, 0.25) is 5.02 Å². The number of benzene rings is 2. The number of rotatable bonds is 6. The van der Waals surface area contributed by atoms with Crippen molar-refractivity contribution in [2.75, 3.05) is 14.2 Å². The lowest BCUT2D eigenvalue weighted by molar-refractivity contribution is 0.0999. The van der Waals surface area contributed by atoms with Crippen molar-refractivity contribution in [2.24, 2.45) is 5.73 Å². The van der Waals surface area contributed by atoms with E-state index in [-0.39, 0.29) is 0 Å². The molecule has 0 fully saturated rings. The smallest absolute Gasteiger partial charge is 0.250 e. The van der Waals surface area contributed by atoms with E-state index in [0.29, 0.717) is 28.6 Å². The molecule has 1 aromatic heterocycles. The van der Waals surface area contributed by atoms with Crippen molar-refractivity contribution < 1.29 is 14.3 Å². The highest BCUT2D eigenvalue weighted by Gasteiger charge is 2.17. The highest BCUT2D eigenvalue weighted by molar-refractivity contribution is 6.30. The average molecular weight is 385 g/mol. The zero-order valence-electron chi connectivity index (χ0n) is 15.5. The van der Waals surface area contributed by atoms with E-state index in [9.17, 15) is 4.79 Å². The van der Waals surface area contributed by atoms with Gasteiger partial charge in [0.2, 0.25) is 0 Å². The number of halogens is 1. The molecule has 3 aromatic rings. The molecule has 0 atom stereocenters. The third-order valence-electron chi connectivity index (χ3n) is 4.56. The highest BCUT2D eigenvalue weighted by atomic mass is 35.5. The average Bonchev–Trinajstić information content (AvgIpc) is 2.99. The van der Waals surface area contributed by atoms with Crippen molar-refractivity contribution >= 4 is 17.5 Å². The second kappa shape index (κ2) is 7.76. The van der Waals surface area contributed by atoms with E-state index in [1.165, 1.54) is 0 Å². The van der Waals surface area contributed by atoms with Crippen molar-refractivity contribution in [3.63, 3.8) is 0 Å². The lowest BCUT2D eigenvalue weighted by Crippen LogP contribution is -2.12. The number of hydrogen-bond acceptors (Lipinski definition) is 3. The quantitative estimate of drug-likeness (QED) is 0.689. The lowest BCUT2D eigenvalue weighted by atomic mass is 10.1. The molecule has 27 heavy (non-hydrogen) atoms. The van der Waals surface area contributed by atoms with E-state index < -0.39 is 5.91 Å². The van der Waals surface area contributed by atoms with Crippen molar-refractivity contribution in [3.05, 3.63) is 70.4 Å². The summed E-state index contributed by atoms with van der Waals surface area (Å²) in [4.78, 5) is 11.9. The minimum Gasteiger partial charge on any atom is -0.493 e. The van der Waals surface area contributed by atoms with Gasteiger partial charge in [0.25, 0.3) is 5.91 Å². The molecule has 2 N–H and O–H groups in total. The SMILES string of the molecule is COc1ccc(Cn2c(-c3ccc(Cl)cc3)cc(C(N)=O)c2C)cc1OC. The molecule has 0 bridgehead atoms. The van der Waals surface area contributed by atoms with Gasteiger partial charge in [-0.3, -0.25) is 4.79 Å². The molecule has 0 aliphatic rings. The first-order valence-corrected chi connectivity index (χ1v) is 8.79. The fourth-order valence-electron chi connectivity index (χ4n) is 3.12. The van der Waals surface area contributed by atoms with Crippen LogP contribution >= 0.6 is 11.6 Å². The van der Waals surface area contributed by atoms with Gasteiger partial charge in [-0.05, 0) is 48.4 Å². The third-order valence-corrected chi connectivity index (χ3v) is 4.81. The van der Waals surface area contributed by atoms with Gasteiger partial charge in [0, 0.05) is 23.0 Å². The molecule has 6 heteroatoms. The largest absolute Gasteiger partial charge is 0.493 e. The van der Waals surface area contributed by atoms with Gasteiger partial charge in [0.1, 0.15) is 0 Å². The Morgan fingerprint density at radius 3 is 2.30 bits per heavy atom. The minimum absolute atomic E-state index is 0.450. The molecule has 140 valence electrons. The fourth-order valence-corrected chi connectivity index (χ4v) is 3.25. The molecule has 0 saturated carbocycles. The summed E-state index contributed by atoms with van der Waals surface area (Å²) in [5.74, 6) is 0.873. The van der Waals surface area contributed by atoms with Gasteiger partial charge in [-0.25, -0.2) is 0 Å². The van der Waals surface area contributed by atoms with E-state index in [1.807, 2.05) is 55.5 Å². The van der Waals surface area contributed by atoms with Gasteiger partial charge in [-0.2, -0.15) is 0 Å². The molecule has 5 nitrogen and oxygen atoms in total. The van der Waals surface area contributed by atoms with Crippen molar-refractivity contribution in [1.29, 1.82) is 0 Å². The zero-order valence-corrected chi connectivity index (χ0v) is 16.2. The van der Waals surface area contributed by atoms with Crippen LogP contribution in [0.4, 0.5) is 0 Å². The summed E-state index contributed by atoms with van der Waals surface area (Å²) >= 11 is 6.01. The van der Waals surface area contributed by atoms with Gasteiger partial charge in [-0.1, -0.05) is 29.8 Å². The van der Waals surface area contributed by atoms with Crippen LogP contribution in [0, 0.1) is 6.92 Å². The Labute approximate surface area is 163 Å². The minimum atomic E-state index is -0.450. The van der Waals surface area contributed by atoms with Crippen molar-refractivity contribution in [2.45, 2.75) is 13.5 Å². The molecule has 0 unspecified atom stereocenters. The van der Waals surface area contributed by atoms with Gasteiger partial charge < -0.3 is 19.8 Å². The van der Waals surface area contributed by atoms with E-state index in [2.05, 4.69) is 4.57 Å². The van der Waals surface area contributed by atoms with E-state index in [0.717, 1.165) is 22.5 Å². The van der Waals surface area contributed by atoms with Crippen molar-refractivity contribution in [1.82, 2.24) is 4.57 Å². The van der Waals surface area contributed by atoms with Crippen LogP contribution in [0.3, 0.4) is 0 Å². The Morgan fingerprint density at radius 1 is 1.04 bits per heavy atom. The molecule has 1 heterocycles. The predicted molar refractivity (Wildman–Crippen MR) is 107 cm³/mol. The molecule has 0 aliphatic heterocycles. The first-order chi connectivity index (χ1) is 12.9. The lowest BCUT2D eigenvalue weighted by Gasteiger charge is -2.14. The monoisotopic (exact) mass is 384 g/mol. The maximum absolute atomic E-state index is 11.9. The van der Waals surface area contributed by atoms with Crippen molar-refractivity contribution in [3.8, 4) is 22.8 Å². The number of ether oxygens (including phenoxy) is 2. The molecule has 0 saturated heterocycles. The highest BCUT2D eigenvalue weighted by Crippen LogP contribution is 2.31. The summed E-state index contributed by atoms with van der Waals surface area (Å²) in [6.45, 7) is 2.44. The zero-order chi connectivity index (χ0) is 19.6. The Bertz CT molecular complexity index is 978. The first-order valence-electron chi connectivity index (χ1n) is 8.41. The fraction of sp³-hybridized carbons (Fsp3) is 0.190. The van der Waals surface area contributed by atoms with Crippen LogP contribution in [0.15, 0.2) is 48.5 Å². The summed E-state index contributed by atoms with van der Waals surface area (Å²) in [6.07, 6.45) is 0. The Hall–Kier alpha value is -2.92. The maximum atomic E-state index is 11.9. The Kier molecular flexibility index (Phi) is 5.42. The van der Waals surface area contributed by atoms with Crippen LogP contribution in [-0.4, -0.2) is 24.7 Å². The maximum Gasteiger partial charge on any atom is 0.250 e. The topological polar surface area (TPSA) is 66.5 Å². The third kappa shape index (κ3) is 3.78. The van der Waals surface area contributed by atoms with E-state index >= 15 is 0 Å². The molecular formula is C21H21ClN2O3. The van der Waals surface area contributed by atoms with Gasteiger partial charge >= 0.3 is 0 Å². The number of nitrogens with zero attached hydrogens (tertiary/aromatic N) is 1. The normalized spacial score (nSPS) is 10.7. The summed E-state index contributed by atoms with van der Waals surface area (Å²) in [5.41, 5.74) is 9.74. The Balaban J connectivity index is 2.08. The number of nitrogens with two attached hydrogens (primary N) is 1. The van der Waals surface area contributed by atoms with Crippen LogP contribution in [-0.2, 0) is 6.54 Å². The number of methoxy groups -OCH3 is 2. The molecular weight excluding hydrogens is 364 g/mol. The molecule has 1 amide bonds. The van der Waals surface area contributed by atoms with E-state index in [4.69, 9.17) is 26.8 Å². The van der Waals surface area contributed by atoms with Crippen LogP contribution in [0.25, 0.3) is 11.3 Å². The molecule has 0 radical (unpaired) electrons. The number of amides is 1. The number of aromatic nitrogens is 1. The van der Waals surface area contributed by atoms with Crippen LogP contribution in [0.1, 0.15) is 21.6 Å². The summed E-state index contributed by atoms with van der Waals surface area (Å²) in [7, 11) is 3.21. The molecule has 2 aromatic carbocycles. The van der Waals surface area contributed by atoms with Gasteiger partial charge in [0.15, 0.2) is 11.5 Å². The van der Waals surface area contributed by atoms with Gasteiger partial charge in [0.05, 0.1) is 19.8 Å². The summed E-state index contributed by atoms with van der Waals surface area (Å²) in [6, 6.07) is 15.1. The second-order valence-electron chi connectivity index (χ2n) is 6.18. The summed E-state index contributed by atoms with van der Waals surface area (Å²) < 4.78 is 12.8. The number of hydrogen-bond donors (Lipinski definition) is 1. The second-order valence-corrected chi connectivity index (χ2v) is 6.61. The number of carbonyl (C=O) groups excluding carboxylic acids is 1. The predicted octanol–water partition coefficient (Wildman–Crippen LogP) is 4.28. The number of carbonyl (C=O) groups is 1. The van der Waals surface area contributed by atoms with Gasteiger partial charge in [-0.15, -0.1) is 0 Å². The van der Waals surface area contributed by atoms with Crippen LogP contribution < -0.4 is 15.2 Å².